The molecule has 1 aliphatic rings. The first-order valence-electron chi connectivity index (χ1n) is 11.2. The molecule has 5 rings (SSSR count). The Morgan fingerprint density at radius 2 is 1.94 bits per heavy atom. The molecule has 4 aromatic rings. The Labute approximate surface area is 221 Å². The van der Waals surface area contributed by atoms with Crippen LogP contribution in [0.4, 0.5) is 5.82 Å². The molecule has 1 aromatic carbocycles. The van der Waals surface area contributed by atoms with Crippen molar-refractivity contribution in [2.75, 3.05) is 11.9 Å². The average molecular weight is 537 g/mol. The van der Waals surface area contributed by atoms with Gasteiger partial charge in [0.05, 0.1) is 23.3 Å². The second-order valence-electron chi connectivity index (χ2n) is 8.05. The van der Waals surface area contributed by atoms with Crippen LogP contribution in [-0.4, -0.2) is 40.6 Å². The van der Waals surface area contributed by atoms with Gasteiger partial charge in [-0.3, -0.25) is 18.9 Å². The monoisotopic (exact) mass is 536 g/mol. The maximum atomic E-state index is 13.4. The molecule has 36 heavy (non-hydrogen) atoms. The molecule has 1 N–H and O–H groups in total. The molecule has 0 saturated carbocycles. The zero-order valence-electron chi connectivity index (χ0n) is 19.0. The normalized spacial score (nSPS) is 14.8. The van der Waals surface area contributed by atoms with Gasteiger partial charge in [-0.2, -0.15) is 0 Å². The molecule has 1 saturated heterocycles. The van der Waals surface area contributed by atoms with Gasteiger partial charge in [0, 0.05) is 36.7 Å². The van der Waals surface area contributed by atoms with Crippen molar-refractivity contribution >= 4 is 63.3 Å². The van der Waals surface area contributed by atoms with Crippen LogP contribution in [0.2, 0.25) is 5.02 Å². The average Bonchev–Trinajstić information content (AvgIpc) is 3.49. The summed E-state index contributed by atoms with van der Waals surface area (Å²) in [5, 5.41) is 3.84. The molecule has 8 nitrogen and oxygen atoms in total. The molecule has 0 aliphatic carbocycles. The van der Waals surface area contributed by atoms with E-state index in [1.165, 1.54) is 9.30 Å². The van der Waals surface area contributed by atoms with Crippen molar-refractivity contribution in [2.24, 2.45) is 0 Å². The van der Waals surface area contributed by atoms with E-state index >= 15 is 0 Å². The fraction of sp³-hybridized carbons (Fsp3) is 0.160. The molecule has 3 aromatic heterocycles. The highest BCUT2D eigenvalue weighted by Crippen LogP contribution is 2.34. The number of halogens is 1. The highest BCUT2D eigenvalue weighted by atomic mass is 35.5. The van der Waals surface area contributed by atoms with Crippen molar-refractivity contribution in [3.05, 3.63) is 98.8 Å². The molecule has 1 amide bonds. The zero-order chi connectivity index (χ0) is 25.1. The number of anilines is 1. The molecule has 0 radical (unpaired) electrons. The molecule has 1 fully saturated rings. The Balaban J connectivity index is 1.44. The van der Waals surface area contributed by atoms with Gasteiger partial charge in [-0.05, 0) is 36.3 Å². The zero-order valence-corrected chi connectivity index (χ0v) is 21.4. The maximum Gasteiger partial charge on any atom is 0.267 e. The van der Waals surface area contributed by atoms with Gasteiger partial charge in [-0.1, -0.05) is 59.8 Å². The second kappa shape index (κ2) is 10.7. The highest BCUT2D eigenvalue weighted by Gasteiger charge is 2.33. The van der Waals surface area contributed by atoms with Crippen LogP contribution in [0.1, 0.15) is 17.5 Å². The predicted molar refractivity (Wildman–Crippen MR) is 147 cm³/mol. The standard InChI is InChI=1S/C25H21ClN6O2S2/c26-19-7-2-1-6-17(19)15-32-24(34)20(36-25(32)35)14-18-22(28-9-5-11-30-13-10-27-16-30)29-21-8-3-4-12-31(21)23(18)33/h1-4,6-8,10,12-14,16,28H,5,9,11,15H2/b20-14-. The molecule has 11 heteroatoms. The van der Waals surface area contributed by atoms with Crippen LogP contribution in [0.25, 0.3) is 11.7 Å². The van der Waals surface area contributed by atoms with Gasteiger partial charge in [0.1, 0.15) is 15.8 Å². The molecular weight excluding hydrogens is 516 g/mol. The minimum Gasteiger partial charge on any atom is -0.369 e. The number of aromatic nitrogens is 4. The largest absolute Gasteiger partial charge is 0.369 e. The Hall–Kier alpha value is -3.47. The van der Waals surface area contributed by atoms with Crippen molar-refractivity contribution in [1.82, 2.24) is 23.8 Å². The number of carbonyl (C=O) groups is 1. The molecule has 182 valence electrons. The number of rotatable bonds is 8. The minimum absolute atomic E-state index is 0.260. The molecular formula is C25H21ClN6O2S2. The van der Waals surface area contributed by atoms with E-state index in [0.717, 1.165) is 30.3 Å². The Kier molecular flexibility index (Phi) is 7.17. The summed E-state index contributed by atoms with van der Waals surface area (Å²) in [6, 6.07) is 12.7. The van der Waals surface area contributed by atoms with Crippen molar-refractivity contribution < 1.29 is 4.79 Å². The van der Waals surface area contributed by atoms with Gasteiger partial charge in [0.15, 0.2) is 0 Å². The number of carbonyl (C=O) groups excluding carboxylic acids is 1. The van der Waals surface area contributed by atoms with Gasteiger partial charge >= 0.3 is 0 Å². The van der Waals surface area contributed by atoms with Crippen LogP contribution in [0.3, 0.4) is 0 Å². The number of pyridine rings is 1. The smallest absolute Gasteiger partial charge is 0.267 e. The Morgan fingerprint density at radius 3 is 2.75 bits per heavy atom. The predicted octanol–water partition coefficient (Wildman–Crippen LogP) is 4.45. The number of benzene rings is 1. The van der Waals surface area contributed by atoms with Gasteiger partial charge < -0.3 is 9.88 Å². The number of nitrogens with zero attached hydrogens (tertiary/aromatic N) is 5. The number of hydrogen-bond acceptors (Lipinski definition) is 7. The lowest BCUT2D eigenvalue weighted by atomic mass is 10.2. The van der Waals surface area contributed by atoms with Crippen LogP contribution >= 0.6 is 35.6 Å². The van der Waals surface area contributed by atoms with Crippen LogP contribution in [0.5, 0.6) is 0 Å². The summed E-state index contributed by atoms with van der Waals surface area (Å²) in [5.74, 6) is 0.154. The van der Waals surface area contributed by atoms with E-state index in [-0.39, 0.29) is 18.0 Å². The maximum absolute atomic E-state index is 13.4. The van der Waals surface area contributed by atoms with E-state index in [4.69, 9.17) is 23.8 Å². The number of amides is 1. The summed E-state index contributed by atoms with van der Waals surface area (Å²) in [6.07, 6.45) is 9.44. The van der Waals surface area contributed by atoms with E-state index in [2.05, 4.69) is 15.3 Å². The van der Waals surface area contributed by atoms with Gasteiger partial charge in [-0.25, -0.2) is 9.97 Å². The topological polar surface area (TPSA) is 84.5 Å². The first kappa shape index (κ1) is 24.2. The number of imidazole rings is 1. The molecule has 4 heterocycles. The first-order chi connectivity index (χ1) is 17.5. The lowest BCUT2D eigenvalue weighted by molar-refractivity contribution is -0.122. The van der Waals surface area contributed by atoms with Crippen LogP contribution < -0.4 is 10.9 Å². The van der Waals surface area contributed by atoms with Gasteiger partial charge in [0.25, 0.3) is 11.5 Å². The minimum atomic E-state index is -0.270. The summed E-state index contributed by atoms with van der Waals surface area (Å²) >= 11 is 12.9. The van der Waals surface area contributed by atoms with E-state index in [1.807, 2.05) is 35.0 Å². The number of thioether (sulfide) groups is 1. The first-order valence-corrected chi connectivity index (χ1v) is 12.8. The van der Waals surface area contributed by atoms with Crippen molar-refractivity contribution in [2.45, 2.75) is 19.5 Å². The van der Waals surface area contributed by atoms with E-state index in [1.54, 1.807) is 43.0 Å². The SMILES string of the molecule is O=C1/C(=C/c2c(NCCCn3ccnc3)nc3ccccn3c2=O)SC(=S)N1Cc1ccccc1Cl. The lowest BCUT2D eigenvalue weighted by Gasteiger charge is -2.15. The van der Waals surface area contributed by atoms with E-state index < -0.39 is 0 Å². The van der Waals surface area contributed by atoms with Crippen molar-refractivity contribution in [3.8, 4) is 0 Å². The number of nitrogens with one attached hydrogen (secondary N) is 1. The van der Waals surface area contributed by atoms with Gasteiger partial charge in [-0.15, -0.1) is 0 Å². The van der Waals surface area contributed by atoms with Crippen LogP contribution in [-0.2, 0) is 17.9 Å². The third-order valence-corrected chi connectivity index (χ3v) is 7.40. The van der Waals surface area contributed by atoms with E-state index in [0.29, 0.717) is 37.8 Å². The highest BCUT2D eigenvalue weighted by molar-refractivity contribution is 8.26. The van der Waals surface area contributed by atoms with Crippen molar-refractivity contribution in [1.29, 1.82) is 0 Å². The summed E-state index contributed by atoms with van der Waals surface area (Å²) in [5.41, 5.74) is 1.35. The van der Waals surface area contributed by atoms with E-state index in [9.17, 15) is 9.59 Å². The summed E-state index contributed by atoms with van der Waals surface area (Å²) in [4.78, 5) is 37.2. The van der Waals surface area contributed by atoms with Crippen LogP contribution in [0.15, 0.2) is 77.1 Å². The Bertz CT molecular complexity index is 1530. The third kappa shape index (κ3) is 5.06. The number of fused-ring (bicyclic) bond motifs is 1. The van der Waals surface area contributed by atoms with Crippen LogP contribution in [0, 0.1) is 0 Å². The number of hydrogen-bond donors (Lipinski definition) is 1. The van der Waals surface area contributed by atoms with Gasteiger partial charge in [0.2, 0.25) is 0 Å². The lowest BCUT2D eigenvalue weighted by Crippen LogP contribution is -2.27. The molecule has 0 spiro atoms. The molecule has 0 bridgehead atoms. The number of thiocarbonyl (C=S) groups is 1. The van der Waals surface area contributed by atoms with Crippen molar-refractivity contribution in [3.63, 3.8) is 0 Å². The Morgan fingerprint density at radius 1 is 1.11 bits per heavy atom. The third-order valence-electron chi connectivity index (χ3n) is 5.65. The number of aryl methyl sites for hydroxylation is 1. The summed E-state index contributed by atoms with van der Waals surface area (Å²) in [6.45, 7) is 1.62. The quantitative estimate of drug-likeness (QED) is 0.202. The molecule has 0 atom stereocenters. The fourth-order valence-electron chi connectivity index (χ4n) is 3.82. The second-order valence-corrected chi connectivity index (χ2v) is 10.1. The molecule has 0 unspecified atom stereocenters. The summed E-state index contributed by atoms with van der Waals surface area (Å²) in [7, 11) is 0. The summed E-state index contributed by atoms with van der Waals surface area (Å²) < 4.78 is 3.86. The molecule has 1 aliphatic heterocycles. The fourth-order valence-corrected chi connectivity index (χ4v) is 5.25.